The SMILES string of the molecule is CC(C)(F)CN1CCc2c([nH]c3ccccc23)[C@@H]1c1c(F)cc(OCCN2CC(CF)C2)cc1F. The number of aromatic amines is 1. The molecule has 1 N–H and O–H groups in total. The number of halogens is 4. The maximum absolute atomic E-state index is 15.5. The fraction of sp³-hybridized carbons (Fsp3) is 0.481. The molecule has 0 aliphatic carbocycles. The van der Waals surface area contributed by atoms with Crippen molar-refractivity contribution in [2.75, 3.05) is 46.0 Å². The van der Waals surface area contributed by atoms with E-state index in [-0.39, 0.29) is 37.1 Å². The zero-order valence-corrected chi connectivity index (χ0v) is 20.1. The molecule has 0 spiro atoms. The van der Waals surface area contributed by atoms with Gasteiger partial charge in [-0.05, 0) is 31.9 Å². The van der Waals surface area contributed by atoms with Crippen LogP contribution in [0.15, 0.2) is 36.4 Å². The largest absolute Gasteiger partial charge is 0.492 e. The molecule has 0 bridgehead atoms. The number of hydrogen-bond acceptors (Lipinski definition) is 3. The van der Waals surface area contributed by atoms with Crippen LogP contribution in [0.4, 0.5) is 17.6 Å². The monoisotopic (exact) mass is 489 g/mol. The Morgan fingerprint density at radius 3 is 2.51 bits per heavy atom. The summed E-state index contributed by atoms with van der Waals surface area (Å²) in [5.74, 6) is -1.26. The second kappa shape index (κ2) is 9.47. The van der Waals surface area contributed by atoms with E-state index >= 15 is 8.78 Å². The van der Waals surface area contributed by atoms with E-state index in [1.54, 1.807) is 0 Å². The van der Waals surface area contributed by atoms with E-state index < -0.39 is 23.3 Å². The van der Waals surface area contributed by atoms with Gasteiger partial charge in [-0.1, -0.05) is 18.2 Å². The number of H-pyrrole nitrogens is 1. The molecule has 35 heavy (non-hydrogen) atoms. The average molecular weight is 490 g/mol. The number of hydrogen-bond donors (Lipinski definition) is 1. The first-order chi connectivity index (χ1) is 16.7. The first-order valence-corrected chi connectivity index (χ1v) is 12.2. The minimum atomic E-state index is -1.53. The average Bonchev–Trinajstić information content (AvgIpc) is 3.14. The highest BCUT2D eigenvalue weighted by molar-refractivity contribution is 5.85. The number of aromatic nitrogens is 1. The van der Waals surface area contributed by atoms with Crippen molar-refractivity contribution >= 4 is 10.9 Å². The number of rotatable bonds is 8. The molecule has 2 aliphatic heterocycles. The molecule has 5 rings (SSSR count). The van der Waals surface area contributed by atoms with Crippen molar-refractivity contribution in [2.24, 2.45) is 5.92 Å². The number of para-hydroxylation sites is 1. The first kappa shape index (κ1) is 24.1. The van der Waals surface area contributed by atoms with Crippen molar-refractivity contribution in [3.05, 3.63) is 64.9 Å². The lowest BCUT2D eigenvalue weighted by atomic mass is 9.90. The molecule has 1 atom stereocenters. The van der Waals surface area contributed by atoms with E-state index in [2.05, 4.69) is 4.98 Å². The van der Waals surface area contributed by atoms with Gasteiger partial charge in [-0.15, -0.1) is 0 Å². The summed E-state index contributed by atoms with van der Waals surface area (Å²) in [4.78, 5) is 7.21. The number of alkyl halides is 2. The molecule has 0 amide bonds. The quantitative estimate of drug-likeness (QED) is 0.429. The Hall–Kier alpha value is -2.58. The van der Waals surface area contributed by atoms with E-state index in [0.29, 0.717) is 38.3 Å². The normalized spacial score (nSPS) is 19.7. The number of nitrogens with one attached hydrogen (secondary N) is 1. The van der Waals surface area contributed by atoms with Gasteiger partial charge in [-0.2, -0.15) is 0 Å². The van der Waals surface area contributed by atoms with Gasteiger partial charge in [-0.25, -0.2) is 13.2 Å². The summed E-state index contributed by atoms with van der Waals surface area (Å²) < 4.78 is 63.9. The van der Waals surface area contributed by atoms with Crippen LogP contribution in [0, 0.1) is 17.6 Å². The third-order valence-corrected chi connectivity index (χ3v) is 6.97. The van der Waals surface area contributed by atoms with Crippen LogP contribution < -0.4 is 4.74 Å². The van der Waals surface area contributed by atoms with Crippen LogP contribution in [0.2, 0.25) is 0 Å². The summed E-state index contributed by atoms with van der Waals surface area (Å²) in [6.45, 7) is 5.33. The third-order valence-electron chi connectivity index (χ3n) is 6.97. The predicted octanol–water partition coefficient (Wildman–Crippen LogP) is 5.42. The van der Waals surface area contributed by atoms with Crippen molar-refractivity contribution in [3.8, 4) is 5.75 Å². The van der Waals surface area contributed by atoms with Gasteiger partial charge in [0.15, 0.2) is 0 Å². The maximum Gasteiger partial charge on any atom is 0.135 e. The molecular formula is C27H31F4N3O. The molecule has 0 saturated carbocycles. The Balaban J connectivity index is 1.44. The molecule has 1 saturated heterocycles. The van der Waals surface area contributed by atoms with Crippen LogP contribution in [0.5, 0.6) is 5.75 Å². The summed E-state index contributed by atoms with van der Waals surface area (Å²) in [5, 5.41) is 1.02. The zero-order valence-electron chi connectivity index (χ0n) is 20.1. The maximum atomic E-state index is 15.5. The van der Waals surface area contributed by atoms with Crippen molar-refractivity contribution in [1.29, 1.82) is 0 Å². The van der Waals surface area contributed by atoms with Gasteiger partial charge in [0.2, 0.25) is 0 Å². The minimum Gasteiger partial charge on any atom is -0.492 e. The van der Waals surface area contributed by atoms with Gasteiger partial charge in [-0.3, -0.25) is 14.2 Å². The molecule has 1 aromatic heterocycles. The fourth-order valence-corrected chi connectivity index (χ4v) is 5.43. The van der Waals surface area contributed by atoms with E-state index in [1.807, 2.05) is 34.1 Å². The number of fused-ring (bicyclic) bond motifs is 3. The van der Waals surface area contributed by atoms with E-state index in [4.69, 9.17) is 4.74 Å². The van der Waals surface area contributed by atoms with Crippen LogP contribution in [-0.4, -0.2) is 66.5 Å². The van der Waals surface area contributed by atoms with E-state index in [9.17, 15) is 8.78 Å². The first-order valence-electron chi connectivity index (χ1n) is 12.2. The van der Waals surface area contributed by atoms with E-state index in [0.717, 1.165) is 16.5 Å². The fourth-order valence-electron chi connectivity index (χ4n) is 5.43. The Bertz CT molecular complexity index is 1180. The van der Waals surface area contributed by atoms with Crippen LogP contribution in [-0.2, 0) is 6.42 Å². The number of likely N-dealkylation sites (tertiary alicyclic amines) is 1. The molecule has 3 aromatic rings. The van der Waals surface area contributed by atoms with Gasteiger partial charge < -0.3 is 9.72 Å². The van der Waals surface area contributed by atoms with Gasteiger partial charge in [0, 0.05) is 72.9 Å². The Labute approximate surface area is 202 Å². The summed E-state index contributed by atoms with van der Waals surface area (Å²) >= 11 is 0. The van der Waals surface area contributed by atoms with Gasteiger partial charge in [0.05, 0.1) is 12.7 Å². The molecule has 8 heteroatoms. The van der Waals surface area contributed by atoms with Crippen LogP contribution >= 0.6 is 0 Å². The molecule has 4 nitrogen and oxygen atoms in total. The van der Waals surface area contributed by atoms with Gasteiger partial charge >= 0.3 is 0 Å². The summed E-state index contributed by atoms with van der Waals surface area (Å²) in [7, 11) is 0. The topological polar surface area (TPSA) is 31.5 Å². The third kappa shape index (κ3) is 4.91. The van der Waals surface area contributed by atoms with Gasteiger partial charge in [0.25, 0.3) is 0 Å². The van der Waals surface area contributed by atoms with E-state index in [1.165, 1.54) is 26.0 Å². The lowest BCUT2D eigenvalue weighted by molar-refractivity contribution is 0.0667. The minimum absolute atomic E-state index is 0.0410. The molecule has 0 radical (unpaired) electrons. The smallest absolute Gasteiger partial charge is 0.135 e. The second-order valence-corrected chi connectivity index (χ2v) is 10.3. The summed E-state index contributed by atoms with van der Waals surface area (Å²) in [6, 6.07) is 9.40. The lowest BCUT2D eigenvalue weighted by Crippen LogP contribution is -2.49. The van der Waals surface area contributed by atoms with Crippen LogP contribution in [0.25, 0.3) is 10.9 Å². The number of ether oxygens (including phenoxy) is 1. The van der Waals surface area contributed by atoms with Crippen LogP contribution in [0.3, 0.4) is 0 Å². The molecule has 3 heterocycles. The number of nitrogens with zero attached hydrogens (tertiary/aromatic N) is 2. The van der Waals surface area contributed by atoms with Crippen molar-refractivity contribution < 1.29 is 22.3 Å². The molecule has 2 aromatic carbocycles. The summed E-state index contributed by atoms with van der Waals surface area (Å²) in [6.07, 6.45) is 0.663. The number of benzene rings is 2. The predicted molar refractivity (Wildman–Crippen MR) is 128 cm³/mol. The molecule has 1 fully saturated rings. The lowest BCUT2D eigenvalue weighted by Gasteiger charge is -2.38. The molecule has 188 valence electrons. The van der Waals surface area contributed by atoms with Crippen LogP contribution in [0.1, 0.15) is 36.7 Å². The van der Waals surface area contributed by atoms with Gasteiger partial charge in [0.1, 0.15) is 29.7 Å². The molecular weight excluding hydrogens is 458 g/mol. The summed E-state index contributed by atoms with van der Waals surface area (Å²) in [5.41, 5.74) is 0.968. The molecule has 2 aliphatic rings. The highest BCUT2D eigenvalue weighted by Crippen LogP contribution is 2.41. The van der Waals surface area contributed by atoms with Crippen molar-refractivity contribution in [2.45, 2.75) is 32.0 Å². The Morgan fingerprint density at radius 1 is 1.11 bits per heavy atom. The Kier molecular flexibility index (Phi) is 6.53. The highest BCUT2D eigenvalue weighted by Gasteiger charge is 2.38. The van der Waals surface area contributed by atoms with Crippen molar-refractivity contribution in [1.82, 2.24) is 14.8 Å². The Morgan fingerprint density at radius 2 is 1.83 bits per heavy atom. The standard InChI is InChI=1S/C27H31F4N3O/c1-27(2,31)16-34-8-7-20-19-5-3-4-6-23(19)32-25(20)26(34)24-21(29)11-18(12-22(24)30)35-10-9-33-14-17(13-28)15-33/h3-6,11-12,17,26,32H,7-10,13-16H2,1-2H3/t26-/m0/s1. The molecule has 0 unspecified atom stereocenters. The zero-order chi connectivity index (χ0) is 24.7. The highest BCUT2D eigenvalue weighted by atomic mass is 19.1. The van der Waals surface area contributed by atoms with Crippen molar-refractivity contribution in [3.63, 3.8) is 0 Å². The second-order valence-electron chi connectivity index (χ2n) is 10.3.